The number of ether oxygens (including phenoxy) is 1. The Labute approximate surface area is 133 Å². The van der Waals surface area contributed by atoms with Crippen LogP contribution in [0.3, 0.4) is 0 Å². The number of halogens is 5. The number of hydrazone groups is 1. The molecule has 10 heteroatoms. The Kier molecular flexibility index (Phi) is 5.83. The first-order valence-electron chi connectivity index (χ1n) is 6.61. The number of hydrogen-bond donors (Lipinski definition) is 2. The lowest BCUT2D eigenvalue weighted by atomic mass is 10.2. The maximum Gasteiger partial charge on any atom is 0.200 e. The zero-order valence-corrected chi connectivity index (χ0v) is 12.5. The molecule has 126 valence electrons. The highest BCUT2D eigenvalue weighted by atomic mass is 32.1. The second-order valence-electron chi connectivity index (χ2n) is 4.70. The van der Waals surface area contributed by atoms with Crippen molar-refractivity contribution in [2.24, 2.45) is 5.10 Å². The van der Waals surface area contributed by atoms with Crippen LogP contribution in [-0.4, -0.2) is 30.6 Å². The maximum absolute atomic E-state index is 13.4. The van der Waals surface area contributed by atoms with Crippen LogP contribution in [0.2, 0.25) is 0 Å². The molecule has 23 heavy (non-hydrogen) atoms. The average molecular weight is 353 g/mol. The monoisotopic (exact) mass is 353 g/mol. The van der Waals surface area contributed by atoms with Crippen LogP contribution in [0, 0.1) is 29.1 Å². The Morgan fingerprint density at radius 3 is 2.30 bits per heavy atom. The van der Waals surface area contributed by atoms with Gasteiger partial charge in [0.05, 0.1) is 17.9 Å². The molecule has 0 spiro atoms. The quantitative estimate of drug-likeness (QED) is 0.218. The fourth-order valence-corrected chi connectivity index (χ4v) is 2.08. The van der Waals surface area contributed by atoms with Crippen LogP contribution in [0.1, 0.15) is 18.4 Å². The Morgan fingerprint density at radius 1 is 1.13 bits per heavy atom. The van der Waals surface area contributed by atoms with Gasteiger partial charge in [-0.05, 0) is 25.1 Å². The molecule has 1 aliphatic heterocycles. The van der Waals surface area contributed by atoms with Gasteiger partial charge in [0.1, 0.15) is 0 Å². The van der Waals surface area contributed by atoms with Crippen molar-refractivity contribution in [3.8, 4) is 0 Å². The average Bonchev–Trinajstić information content (AvgIpc) is 3.06. The molecule has 1 heterocycles. The normalized spacial score (nSPS) is 17.7. The smallest absolute Gasteiger partial charge is 0.200 e. The van der Waals surface area contributed by atoms with Crippen molar-refractivity contribution in [2.75, 3.05) is 13.2 Å². The van der Waals surface area contributed by atoms with Gasteiger partial charge in [0.2, 0.25) is 5.82 Å². The molecule has 0 unspecified atom stereocenters. The van der Waals surface area contributed by atoms with E-state index in [-0.39, 0.29) is 11.2 Å². The van der Waals surface area contributed by atoms with Crippen molar-refractivity contribution in [2.45, 2.75) is 18.9 Å². The first-order valence-corrected chi connectivity index (χ1v) is 7.02. The van der Waals surface area contributed by atoms with Gasteiger partial charge in [-0.15, -0.1) is 0 Å². The summed E-state index contributed by atoms with van der Waals surface area (Å²) in [4.78, 5) is 0. The number of nitrogens with one attached hydrogen (secondary N) is 2. The SMILES string of the molecule is Fc1c(F)c(F)c(C=NNC(=S)NC[C@@H]2CCCO2)c(F)c1F. The van der Waals surface area contributed by atoms with Crippen molar-refractivity contribution in [1.82, 2.24) is 10.7 Å². The molecular formula is C13H12F5N3OS. The predicted octanol–water partition coefficient (Wildman–Crippen LogP) is 2.36. The van der Waals surface area contributed by atoms with Crippen LogP contribution in [0.4, 0.5) is 22.0 Å². The van der Waals surface area contributed by atoms with Crippen LogP contribution in [0.5, 0.6) is 0 Å². The molecule has 1 aliphatic rings. The highest BCUT2D eigenvalue weighted by Gasteiger charge is 2.24. The van der Waals surface area contributed by atoms with Crippen molar-refractivity contribution in [1.29, 1.82) is 0 Å². The van der Waals surface area contributed by atoms with Gasteiger partial charge in [-0.3, -0.25) is 5.43 Å². The molecule has 1 atom stereocenters. The van der Waals surface area contributed by atoms with Gasteiger partial charge in [0.25, 0.3) is 0 Å². The summed E-state index contributed by atoms with van der Waals surface area (Å²) < 4.78 is 70.9. The Balaban J connectivity index is 1.96. The third-order valence-electron chi connectivity index (χ3n) is 3.12. The van der Waals surface area contributed by atoms with Crippen molar-refractivity contribution in [3.63, 3.8) is 0 Å². The number of rotatable bonds is 4. The molecule has 1 fully saturated rings. The molecule has 0 radical (unpaired) electrons. The van der Waals surface area contributed by atoms with Crippen LogP contribution < -0.4 is 10.7 Å². The molecule has 0 aliphatic carbocycles. The summed E-state index contributed by atoms with van der Waals surface area (Å²) in [6, 6.07) is 0. The van der Waals surface area contributed by atoms with Crippen LogP contribution in [0.15, 0.2) is 5.10 Å². The summed E-state index contributed by atoms with van der Waals surface area (Å²) in [7, 11) is 0. The molecule has 1 aromatic carbocycles. The number of hydrogen-bond acceptors (Lipinski definition) is 3. The Morgan fingerprint density at radius 2 is 1.74 bits per heavy atom. The van der Waals surface area contributed by atoms with Gasteiger partial charge < -0.3 is 10.1 Å². The summed E-state index contributed by atoms with van der Waals surface area (Å²) in [5.41, 5.74) is 1.07. The van der Waals surface area contributed by atoms with Gasteiger partial charge >= 0.3 is 0 Å². The molecule has 2 rings (SSSR count). The summed E-state index contributed by atoms with van der Waals surface area (Å²) in [5.74, 6) is -10.2. The summed E-state index contributed by atoms with van der Waals surface area (Å²) in [6.45, 7) is 1.09. The van der Waals surface area contributed by atoms with E-state index in [0.29, 0.717) is 19.4 Å². The molecule has 0 amide bonds. The molecular weight excluding hydrogens is 341 g/mol. The minimum atomic E-state index is -2.22. The zero-order chi connectivity index (χ0) is 17.0. The number of nitrogens with zero attached hydrogens (tertiary/aromatic N) is 1. The van der Waals surface area contributed by atoms with E-state index in [0.717, 1.165) is 12.8 Å². The molecule has 0 saturated carbocycles. The van der Waals surface area contributed by atoms with E-state index < -0.39 is 34.6 Å². The summed E-state index contributed by atoms with van der Waals surface area (Å²) in [5, 5.41) is 6.15. The second kappa shape index (κ2) is 7.64. The molecule has 1 saturated heterocycles. The first kappa shape index (κ1) is 17.5. The van der Waals surface area contributed by atoms with Crippen molar-refractivity contribution >= 4 is 23.5 Å². The van der Waals surface area contributed by atoms with Gasteiger partial charge in [-0.1, -0.05) is 0 Å². The van der Waals surface area contributed by atoms with Gasteiger partial charge in [-0.2, -0.15) is 5.10 Å². The third-order valence-corrected chi connectivity index (χ3v) is 3.35. The van der Waals surface area contributed by atoms with E-state index in [1.807, 2.05) is 0 Å². The van der Waals surface area contributed by atoms with Crippen LogP contribution in [0.25, 0.3) is 0 Å². The van der Waals surface area contributed by atoms with Gasteiger partial charge in [0, 0.05) is 13.2 Å². The fourth-order valence-electron chi connectivity index (χ4n) is 1.94. The lowest BCUT2D eigenvalue weighted by Crippen LogP contribution is -2.37. The van der Waals surface area contributed by atoms with Crippen molar-refractivity contribution in [3.05, 3.63) is 34.6 Å². The van der Waals surface area contributed by atoms with E-state index in [1.54, 1.807) is 0 Å². The lowest BCUT2D eigenvalue weighted by molar-refractivity contribution is 0.114. The topological polar surface area (TPSA) is 45.7 Å². The molecule has 1 aromatic rings. The minimum absolute atomic E-state index is 0.00825. The van der Waals surface area contributed by atoms with Gasteiger partial charge in [-0.25, -0.2) is 22.0 Å². The highest BCUT2D eigenvalue weighted by Crippen LogP contribution is 2.21. The van der Waals surface area contributed by atoms with E-state index in [2.05, 4.69) is 15.8 Å². The molecule has 4 nitrogen and oxygen atoms in total. The number of thiocarbonyl (C=S) groups is 1. The van der Waals surface area contributed by atoms with E-state index in [9.17, 15) is 22.0 Å². The molecule has 0 aromatic heterocycles. The molecule has 0 bridgehead atoms. The third kappa shape index (κ3) is 4.14. The second-order valence-corrected chi connectivity index (χ2v) is 5.11. The standard InChI is InChI=1S/C13H12F5N3OS/c14-8-7(9(15)11(17)12(18)10(8)16)5-20-21-13(23)19-4-6-2-1-3-22-6/h5-6H,1-4H2,(H2,19,21,23)/t6-/m0/s1. The van der Waals surface area contributed by atoms with Crippen LogP contribution >= 0.6 is 12.2 Å². The highest BCUT2D eigenvalue weighted by molar-refractivity contribution is 7.80. The Hall–Kier alpha value is -1.81. The Bertz CT molecular complexity index is 606. The predicted molar refractivity (Wildman–Crippen MR) is 76.5 cm³/mol. The first-order chi connectivity index (χ1) is 10.9. The zero-order valence-electron chi connectivity index (χ0n) is 11.6. The van der Waals surface area contributed by atoms with E-state index >= 15 is 0 Å². The maximum atomic E-state index is 13.4. The van der Waals surface area contributed by atoms with Gasteiger partial charge in [0.15, 0.2) is 28.4 Å². The lowest BCUT2D eigenvalue weighted by Gasteiger charge is -2.11. The van der Waals surface area contributed by atoms with E-state index in [1.165, 1.54) is 0 Å². The fraction of sp³-hybridized carbons (Fsp3) is 0.385. The molecule has 2 N–H and O–H groups in total. The van der Waals surface area contributed by atoms with Crippen LogP contribution in [-0.2, 0) is 4.74 Å². The van der Waals surface area contributed by atoms with Crippen molar-refractivity contribution < 1.29 is 26.7 Å². The summed E-state index contributed by atoms with van der Waals surface area (Å²) >= 11 is 4.85. The van der Waals surface area contributed by atoms with E-state index in [4.69, 9.17) is 17.0 Å². The minimum Gasteiger partial charge on any atom is -0.376 e. The summed E-state index contributed by atoms with van der Waals surface area (Å²) in [6.07, 6.45) is 2.30. The largest absolute Gasteiger partial charge is 0.376 e. The number of benzene rings is 1.